The van der Waals surface area contributed by atoms with Gasteiger partial charge >= 0.3 is 6.09 Å². The molecule has 3 heterocycles. The Morgan fingerprint density at radius 1 is 1.20 bits per heavy atom. The van der Waals surface area contributed by atoms with Crippen LogP contribution in [0.15, 0.2) is 30.3 Å². The molecule has 0 atom stereocenters. The molecule has 4 rings (SSSR count). The monoisotopic (exact) mass is 415 g/mol. The highest BCUT2D eigenvalue weighted by Gasteiger charge is 2.43. The minimum Gasteiger partial charge on any atom is -0.444 e. The van der Waals surface area contributed by atoms with Crippen LogP contribution in [0, 0.1) is 10.1 Å². The highest BCUT2D eigenvalue weighted by molar-refractivity contribution is 5.70. The van der Waals surface area contributed by atoms with Gasteiger partial charge in [-0.1, -0.05) is 0 Å². The second kappa shape index (κ2) is 7.67. The maximum Gasteiger partial charge on any atom is 0.410 e. The molecule has 2 saturated heterocycles. The molecule has 30 heavy (non-hydrogen) atoms. The minimum absolute atomic E-state index is 0.0993. The number of carbonyl (C=O) groups excluding carboxylic acids is 1. The molecule has 0 unspecified atom stereocenters. The van der Waals surface area contributed by atoms with Gasteiger partial charge in [0.15, 0.2) is 0 Å². The van der Waals surface area contributed by atoms with Gasteiger partial charge in [0.2, 0.25) is 0 Å². The van der Waals surface area contributed by atoms with E-state index >= 15 is 0 Å². The maximum absolute atomic E-state index is 12.1. The second-order valence-corrected chi connectivity index (χ2v) is 9.40. The first-order valence-corrected chi connectivity index (χ1v) is 10.5. The number of benzene rings is 1. The fourth-order valence-electron chi connectivity index (χ4n) is 4.30. The van der Waals surface area contributed by atoms with E-state index < -0.39 is 5.60 Å². The number of piperidine rings is 1. The molecule has 0 saturated carbocycles. The third-order valence-electron chi connectivity index (χ3n) is 6.08. The molecule has 162 valence electrons. The van der Waals surface area contributed by atoms with Gasteiger partial charge in [-0.3, -0.25) is 15.0 Å². The first kappa shape index (κ1) is 20.8. The van der Waals surface area contributed by atoms with Crippen molar-refractivity contribution in [1.82, 2.24) is 9.80 Å². The van der Waals surface area contributed by atoms with Crippen LogP contribution in [-0.4, -0.2) is 70.8 Å². The SMILES string of the molecule is CC(C)(C)OC(=O)N1CC(N2CCC3(C=C(c4ccc([N+](=O)[O-])cc4)CO3)CC2)C1. The highest BCUT2D eigenvalue weighted by atomic mass is 16.6. The molecule has 1 aromatic rings. The quantitative estimate of drug-likeness (QED) is 0.555. The number of hydrogen-bond donors (Lipinski definition) is 0. The van der Waals surface area contributed by atoms with E-state index in [0.29, 0.717) is 25.7 Å². The van der Waals surface area contributed by atoms with E-state index in [4.69, 9.17) is 9.47 Å². The second-order valence-electron chi connectivity index (χ2n) is 9.40. The Labute approximate surface area is 176 Å². The van der Waals surface area contributed by atoms with Crippen molar-refractivity contribution in [2.24, 2.45) is 0 Å². The molecule has 0 aliphatic carbocycles. The lowest BCUT2D eigenvalue weighted by molar-refractivity contribution is -0.384. The topological polar surface area (TPSA) is 85.2 Å². The number of nitrogens with zero attached hydrogens (tertiary/aromatic N) is 3. The standard InChI is InChI=1S/C22H29N3O5/c1-21(2,3)30-20(26)24-13-19(14-24)23-10-8-22(9-11-23)12-17(15-29-22)16-4-6-18(7-5-16)25(27)28/h4-7,12,19H,8-11,13-15H2,1-3H3. The number of nitro benzene ring substituents is 1. The Kier molecular flexibility index (Phi) is 5.32. The van der Waals surface area contributed by atoms with Gasteiger partial charge in [-0.05, 0) is 63.0 Å². The lowest BCUT2D eigenvalue weighted by Crippen LogP contribution is -2.63. The molecule has 8 nitrogen and oxygen atoms in total. The molecule has 1 spiro atoms. The van der Waals surface area contributed by atoms with Crippen molar-refractivity contribution in [3.05, 3.63) is 46.0 Å². The van der Waals surface area contributed by atoms with Crippen molar-refractivity contribution in [2.75, 3.05) is 32.8 Å². The normalized spacial score (nSPS) is 22.0. The van der Waals surface area contributed by atoms with E-state index in [2.05, 4.69) is 11.0 Å². The molecule has 3 aliphatic heterocycles. The minimum atomic E-state index is -0.465. The molecule has 0 aromatic heterocycles. The largest absolute Gasteiger partial charge is 0.444 e. The molecule has 8 heteroatoms. The summed E-state index contributed by atoms with van der Waals surface area (Å²) in [5.74, 6) is 0. The third-order valence-corrected chi connectivity index (χ3v) is 6.08. The zero-order valence-corrected chi connectivity index (χ0v) is 17.8. The van der Waals surface area contributed by atoms with Crippen LogP contribution in [-0.2, 0) is 9.47 Å². The lowest BCUT2D eigenvalue weighted by atomic mass is 9.88. The molecule has 0 N–H and O–H groups in total. The predicted octanol–water partition coefficient (Wildman–Crippen LogP) is 3.46. The molecule has 0 radical (unpaired) electrons. The number of non-ortho nitro benzene ring substituents is 1. The van der Waals surface area contributed by atoms with Gasteiger partial charge in [0.1, 0.15) is 5.60 Å². The van der Waals surface area contributed by atoms with Gasteiger partial charge in [-0.2, -0.15) is 0 Å². The Balaban J connectivity index is 1.30. The van der Waals surface area contributed by atoms with Crippen molar-refractivity contribution in [3.63, 3.8) is 0 Å². The van der Waals surface area contributed by atoms with Gasteiger partial charge in [-0.25, -0.2) is 4.79 Å². The Morgan fingerprint density at radius 3 is 2.40 bits per heavy atom. The number of hydrogen-bond acceptors (Lipinski definition) is 6. The number of carbonyl (C=O) groups is 1. The van der Waals surface area contributed by atoms with E-state index in [0.717, 1.165) is 37.1 Å². The summed E-state index contributed by atoms with van der Waals surface area (Å²) in [7, 11) is 0. The van der Waals surface area contributed by atoms with Crippen LogP contribution in [0.2, 0.25) is 0 Å². The predicted molar refractivity (Wildman–Crippen MR) is 112 cm³/mol. The van der Waals surface area contributed by atoms with Crippen LogP contribution in [0.25, 0.3) is 5.57 Å². The summed E-state index contributed by atoms with van der Waals surface area (Å²) in [4.78, 5) is 26.8. The highest BCUT2D eigenvalue weighted by Crippen LogP contribution is 2.38. The molecule has 1 aromatic carbocycles. The van der Waals surface area contributed by atoms with Crippen molar-refractivity contribution in [2.45, 2.75) is 50.9 Å². The van der Waals surface area contributed by atoms with Gasteiger partial charge in [-0.15, -0.1) is 0 Å². The number of likely N-dealkylation sites (tertiary alicyclic amines) is 2. The number of rotatable bonds is 3. The van der Waals surface area contributed by atoms with Crippen molar-refractivity contribution in [3.8, 4) is 0 Å². The van der Waals surface area contributed by atoms with Crippen LogP contribution in [0.3, 0.4) is 0 Å². The first-order chi connectivity index (χ1) is 14.1. The van der Waals surface area contributed by atoms with Crippen LogP contribution < -0.4 is 0 Å². The maximum atomic E-state index is 12.1. The fraction of sp³-hybridized carbons (Fsp3) is 0.591. The van der Waals surface area contributed by atoms with E-state index in [9.17, 15) is 14.9 Å². The summed E-state index contributed by atoms with van der Waals surface area (Å²) in [5, 5.41) is 10.8. The van der Waals surface area contributed by atoms with E-state index in [1.165, 1.54) is 12.1 Å². The summed E-state index contributed by atoms with van der Waals surface area (Å²) in [5.41, 5.74) is 1.46. The third kappa shape index (κ3) is 4.34. The van der Waals surface area contributed by atoms with E-state index in [1.54, 1.807) is 17.0 Å². The molecule has 3 aliphatic rings. The van der Waals surface area contributed by atoms with Gasteiger partial charge < -0.3 is 14.4 Å². The summed E-state index contributed by atoms with van der Waals surface area (Å²) >= 11 is 0. The molecular formula is C22H29N3O5. The molecule has 2 fully saturated rings. The average Bonchev–Trinajstić information content (AvgIpc) is 3.04. The summed E-state index contributed by atoms with van der Waals surface area (Å²) in [6.07, 6.45) is 3.79. The number of nitro groups is 1. The molecule has 0 bridgehead atoms. The average molecular weight is 415 g/mol. The van der Waals surface area contributed by atoms with Crippen LogP contribution >= 0.6 is 0 Å². The summed E-state index contributed by atoms with van der Waals surface area (Å²) < 4.78 is 11.6. The zero-order valence-electron chi connectivity index (χ0n) is 17.8. The fourth-order valence-corrected chi connectivity index (χ4v) is 4.30. The van der Waals surface area contributed by atoms with Crippen LogP contribution in [0.1, 0.15) is 39.2 Å². The number of amides is 1. The summed E-state index contributed by atoms with van der Waals surface area (Å²) in [6.45, 7) is 9.46. The van der Waals surface area contributed by atoms with Crippen molar-refractivity contribution < 1.29 is 19.2 Å². The van der Waals surface area contributed by atoms with Crippen molar-refractivity contribution >= 4 is 17.4 Å². The molecule has 1 amide bonds. The van der Waals surface area contributed by atoms with E-state index in [-0.39, 0.29) is 22.3 Å². The summed E-state index contributed by atoms with van der Waals surface area (Å²) in [6, 6.07) is 7.05. The van der Waals surface area contributed by atoms with Gasteiger partial charge in [0, 0.05) is 44.4 Å². The van der Waals surface area contributed by atoms with Gasteiger partial charge in [0.25, 0.3) is 5.69 Å². The Bertz CT molecular complexity index is 845. The zero-order chi connectivity index (χ0) is 21.5. The van der Waals surface area contributed by atoms with Gasteiger partial charge in [0.05, 0.1) is 17.1 Å². The Hall–Kier alpha value is -2.45. The lowest BCUT2D eigenvalue weighted by Gasteiger charge is -2.48. The van der Waals surface area contributed by atoms with Crippen LogP contribution in [0.5, 0.6) is 0 Å². The Morgan fingerprint density at radius 2 is 1.83 bits per heavy atom. The van der Waals surface area contributed by atoms with Crippen LogP contribution in [0.4, 0.5) is 10.5 Å². The van der Waals surface area contributed by atoms with Crippen molar-refractivity contribution in [1.29, 1.82) is 0 Å². The molecular weight excluding hydrogens is 386 g/mol. The first-order valence-electron chi connectivity index (χ1n) is 10.5. The number of ether oxygens (including phenoxy) is 2. The smallest absolute Gasteiger partial charge is 0.410 e. The van der Waals surface area contributed by atoms with E-state index in [1.807, 2.05) is 20.8 Å².